The minimum absolute atomic E-state index is 0.408. The van der Waals surface area contributed by atoms with E-state index in [1.807, 2.05) is 6.07 Å². The van der Waals surface area contributed by atoms with Gasteiger partial charge in [0.1, 0.15) is 0 Å². The van der Waals surface area contributed by atoms with Crippen molar-refractivity contribution in [3.63, 3.8) is 0 Å². The second kappa shape index (κ2) is 6.69. The molecule has 20 heavy (non-hydrogen) atoms. The number of hydrogen-bond acceptors (Lipinski definition) is 2. The van der Waals surface area contributed by atoms with E-state index >= 15 is 0 Å². The van der Waals surface area contributed by atoms with Crippen molar-refractivity contribution >= 4 is 0 Å². The maximum Gasteiger partial charge on any atom is 0.0833 e. The Labute approximate surface area is 121 Å². The molecule has 0 spiro atoms. The Hall–Kier alpha value is -1.64. The van der Waals surface area contributed by atoms with Crippen LogP contribution in [0.15, 0.2) is 60.7 Å². The van der Waals surface area contributed by atoms with Crippen LogP contribution in [0.2, 0.25) is 0 Å². The Morgan fingerprint density at radius 2 is 1.45 bits per heavy atom. The highest BCUT2D eigenvalue weighted by Crippen LogP contribution is 2.14. The van der Waals surface area contributed by atoms with Crippen molar-refractivity contribution in [2.45, 2.75) is 19.1 Å². The van der Waals surface area contributed by atoms with E-state index in [0.717, 1.165) is 32.7 Å². The van der Waals surface area contributed by atoms with E-state index in [1.54, 1.807) is 0 Å². The standard InChI is InChI=1S/C18H21NO/c1-3-7-16(8-4-1)11-12-19-13-18(14-19)20-15-17-9-5-2-6-10-17/h1-10,18H,11-15H2. The maximum absolute atomic E-state index is 5.90. The third-order valence-electron chi connectivity index (χ3n) is 3.81. The van der Waals surface area contributed by atoms with Gasteiger partial charge in [0, 0.05) is 19.6 Å². The van der Waals surface area contributed by atoms with Gasteiger partial charge in [-0.1, -0.05) is 60.7 Å². The lowest BCUT2D eigenvalue weighted by molar-refractivity contribution is -0.0618. The molecule has 3 rings (SSSR count). The highest BCUT2D eigenvalue weighted by atomic mass is 16.5. The summed E-state index contributed by atoms with van der Waals surface area (Å²) < 4.78 is 5.90. The summed E-state index contributed by atoms with van der Waals surface area (Å²) in [7, 11) is 0. The van der Waals surface area contributed by atoms with Crippen molar-refractivity contribution in [3.8, 4) is 0 Å². The molecule has 1 aliphatic rings. The van der Waals surface area contributed by atoms with Gasteiger partial charge in [-0.2, -0.15) is 0 Å². The minimum Gasteiger partial charge on any atom is -0.371 e. The largest absolute Gasteiger partial charge is 0.371 e. The summed E-state index contributed by atoms with van der Waals surface area (Å²) in [5, 5.41) is 0. The molecule has 0 atom stereocenters. The van der Waals surface area contributed by atoms with Crippen molar-refractivity contribution < 1.29 is 4.74 Å². The maximum atomic E-state index is 5.90. The summed E-state index contributed by atoms with van der Waals surface area (Å²) in [4.78, 5) is 2.46. The Balaban J connectivity index is 1.33. The first kappa shape index (κ1) is 13.3. The van der Waals surface area contributed by atoms with Crippen LogP contribution >= 0.6 is 0 Å². The van der Waals surface area contributed by atoms with Crippen LogP contribution in [0.4, 0.5) is 0 Å². The molecule has 0 radical (unpaired) electrons. The van der Waals surface area contributed by atoms with Crippen LogP contribution in [0.25, 0.3) is 0 Å². The summed E-state index contributed by atoms with van der Waals surface area (Å²) in [6.07, 6.45) is 1.54. The number of likely N-dealkylation sites (tertiary alicyclic amines) is 1. The average molecular weight is 267 g/mol. The highest BCUT2D eigenvalue weighted by molar-refractivity contribution is 5.15. The van der Waals surface area contributed by atoms with E-state index in [0.29, 0.717) is 6.10 Å². The first-order chi connectivity index (χ1) is 9.90. The molecule has 2 aromatic rings. The van der Waals surface area contributed by atoms with E-state index in [1.165, 1.54) is 11.1 Å². The molecule has 0 saturated carbocycles. The molecule has 0 aromatic heterocycles. The predicted molar refractivity (Wildman–Crippen MR) is 81.6 cm³/mol. The van der Waals surface area contributed by atoms with Crippen LogP contribution in [-0.2, 0) is 17.8 Å². The van der Waals surface area contributed by atoms with Crippen molar-refractivity contribution in [1.82, 2.24) is 4.90 Å². The summed E-state index contributed by atoms with van der Waals surface area (Å²) >= 11 is 0. The normalized spacial score (nSPS) is 16.0. The van der Waals surface area contributed by atoms with E-state index in [4.69, 9.17) is 4.74 Å². The van der Waals surface area contributed by atoms with Gasteiger partial charge in [-0.05, 0) is 17.5 Å². The number of benzene rings is 2. The summed E-state index contributed by atoms with van der Waals surface area (Å²) in [6, 6.07) is 21.1. The monoisotopic (exact) mass is 267 g/mol. The Morgan fingerprint density at radius 3 is 2.10 bits per heavy atom. The minimum atomic E-state index is 0.408. The van der Waals surface area contributed by atoms with Crippen LogP contribution in [0.3, 0.4) is 0 Å². The number of hydrogen-bond donors (Lipinski definition) is 0. The van der Waals surface area contributed by atoms with E-state index < -0.39 is 0 Å². The summed E-state index contributed by atoms with van der Waals surface area (Å²) in [5.41, 5.74) is 2.68. The van der Waals surface area contributed by atoms with Crippen LogP contribution in [-0.4, -0.2) is 30.6 Å². The molecule has 0 amide bonds. The third-order valence-corrected chi connectivity index (χ3v) is 3.81. The lowest BCUT2D eigenvalue weighted by Crippen LogP contribution is -2.52. The van der Waals surface area contributed by atoms with Gasteiger partial charge in [0.25, 0.3) is 0 Å². The molecule has 1 saturated heterocycles. The fourth-order valence-electron chi connectivity index (χ4n) is 2.53. The molecule has 0 N–H and O–H groups in total. The lowest BCUT2D eigenvalue weighted by atomic mass is 10.1. The van der Waals surface area contributed by atoms with E-state index in [-0.39, 0.29) is 0 Å². The van der Waals surface area contributed by atoms with Crippen LogP contribution in [0, 0.1) is 0 Å². The molecule has 2 heteroatoms. The zero-order valence-corrected chi connectivity index (χ0v) is 11.7. The quantitative estimate of drug-likeness (QED) is 0.797. The SMILES string of the molecule is c1ccc(CCN2CC(OCc3ccccc3)C2)cc1. The molecular formula is C18H21NO. The molecule has 0 aliphatic carbocycles. The molecule has 0 unspecified atom stereocenters. The molecule has 1 fully saturated rings. The number of ether oxygens (including phenoxy) is 1. The van der Waals surface area contributed by atoms with Crippen molar-refractivity contribution in [1.29, 1.82) is 0 Å². The van der Waals surface area contributed by atoms with E-state index in [2.05, 4.69) is 59.5 Å². The van der Waals surface area contributed by atoms with Crippen LogP contribution < -0.4 is 0 Å². The Bertz CT molecular complexity index is 458. The average Bonchev–Trinajstić information content (AvgIpc) is 2.47. The zero-order valence-electron chi connectivity index (χ0n) is 11.7. The number of rotatable bonds is 6. The fraction of sp³-hybridized carbons (Fsp3) is 0.333. The van der Waals surface area contributed by atoms with Gasteiger partial charge in [-0.25, -0.2) is 0 Å². The van der Waals surface area contributed by atoms with Crippen molar-refractivity contribution in [2.24, 2.45) is 0 Å². The van der Waals surface area contributed by atoms with Gasteiger partial charge >= 0.3 is 0 Å². The molecule has 1 heterocycles. The molecule has 104 valence electrons. The molecule has 2 aromatic carbocycles. The van der Waals surface area contributed by atoms with Gasteiger partial charge in [-0.3, -0.25) is 4.90 Å². The third kappa shape index (κ3) is 3.69. The van der Waals surface area contributed by atoms with Gasteiger partial charge in [-0.15, -0.1) is 0 Å². The van der Waals surface area contributed by atoms with Crippen molar-refractivity contribution in [3.05, 3.63) is 71.8 Å². The van der Waals surface area contributed by atoms with Gasteiger partial charge < -0.3 is 4.74 Å². The summed E-state index contributed by atoms with van der Waals surface area (Å²) in [5.74, 6) is 0. The smallest absolute Gasteiger partial charge is 0.0833 e. The topological polar surface area (TPSA) is 12.5 Å². The van der Waals surface area contributed by atoms with Crippen LogP contribution in [0.1, 0.15) is 11.1 Å². The fourth-order valence-corrected chi connectivity index (χ4v) is 2.53. The Morgan fingerprint density at radius 1 is 0.850 bits per heavy atom. The molecule has 0 bridgehead atoms. The number of nitrogens with zero attached hydrogens (tertiary/aromatic N) is 1. The van der Waals surface area contributed by atoms with Gasteiger partial charge in [0.05, 0.1) is 12.7 Å². The first-order valence-electron chi connectivity index (χ1n) is 7.32. The first-order valence-corrected chi connectivity index (χ1v) is 7.32. The van der Waals surface area contributed by atoms with E-state index in [9.17, 15) is 0 Å². The van der Waals surface area contributed by atoms with Crippen LogP contribution in [0.5, 0.6) is 0 Å². The molecular weight excluding hydrogens is 246 g/mol. The van der Waals surface area contributed by atoms with Gasteiger partial charge in [0.2, 0.25) is 0 Å². The van der Waals surface area contributed by atoms with Gasteiger partial charge in [0.15, 0.2) is 0 Å². The second-order valence-corrected chi connectivity index (χ2v) is 5.41. The lowest BCUT2D eigenvalue weighted by Gasteiger charge is -2.39. The summed E-state index contributed by atoms with van der Waals surface area (Å²) in [6.45, 7) is 4.01. The zero-order chi connectivity index (χ0) is 13.6. The highest BCUT2D eigenvalue weighted by Gasteiger charge is 2.26. The molecule has 1 aliphatic heterocycles. The Kier molecular flexibility index (Phi) is 4.46. The predicted octanol–water partition coefficient (Wildman–Crippen LogP) is 3.13. The molecule has 2 nitrogen and oxygen atoms in total. The van der Waals surface area contributed by atoms with Crippen molar-refractivity contribution in [2.75, 3.05) is 19.6 Å². The second-order valence-electron chi connectivity index (χ2n) is 5.41.